The molecular weight excluding hydrogens is 480 g/mol. The molecule has 20 heteroatoms. The van der Waals surface area contributed by atoms with Gasteiger partial charge in [0.05, 0.1) is 6.61 Å². The number of phosphoric acid groups is 3. The molecular formula is C9H15N2O15P3. The Bertz CT molecular complexity index is 997. The van der Waals surface area contributed by atoms with Gasteiger partial charge in [-0.05, 0) is 0 Å². The van der Waals surface area contributed by atoms with Crippen molar-refractivity contribution >= 4 is 23.5 Å². The van der Waals surface area contributed by atoms with Crippen molar-refractivity contribution in [3.05, 3.63) is 33.1 Å². The number of nitrogens with zero attached hydrogens (tertiary/aromatic N) is 1. The highest BCUT2D eigenvalue weighted by molar-refractivity contribution is 7.66. The Labute approximate surface area is 159 Å². The summed E-state index contributed by atoms with van der Waals surface area (Å²) in [5, 5.41) is 19.9. The summed E-state index contributed by atoms with van der Waals surface area (Å²) in [4.78, 5) is 59.9. The molecule has 6 unspecified atom stereocenters. The number of nitrogens with one attached hydrogen (secondary N) is 1. The molecule has 17 nitrogen and oxygen atoms in total. The zero-order valence-corrected chi connectivity index (χ0v) is 16.5. The molecule has 1 aliphatic rings. The van der Waals surface area contributed by atoms with Crippen LogP contribution in [0, 0.1) is 0 Å². The number of hydrogen-bond donors (Lipinski definition) is 7. The fraction of sp³-hybridized carbons (Fsp3) is 0.556. The number of rotatable bonds is 8. The van der Waals surface area contributed by atoms with Crippen LogP contribution in [0.1, 0.15) is 6.23 Å². The first kappa shape index (κ1) is 24.2. The van der Waals surface area contributed by atoms with Gasteiger partial charge in [0.1, 0.15) is 18.3 Å². The van der Waals surface area contributed by atoms with Gasteiger partial charge in [-0.15, -0.1) is 0 Å². The first-order valence-electron chi connectivity index (χ1n) is 7.22. The van der Waals surface area contributed by atoms with Gasteiger partial charge in [0.25, 0.3) is 5.56 Å². The van der Waals surface area contributed by atoms with Crippen molar-refractivity contribution < 1.29 is 61.4 Å². The van der Waals surface area contributed by atoms with Crippen LogP contribution in [0.25, 0.3) is 0 Å². The smallest absolute Gasteiger partial charge is 0.387 e. The summed E-state index contributed by atoms with van der Waals surface area (Å²) < 4.78 is 50.6. The van der Waals surface area contributed by atoms with Crippen LogP contribution < -0.4 is 11.2 Å². The van der Waals surface area contributed by atoms with Gasteiger partial charge in [-0.2, -0.15) is 8.62 Å². The van der Waals surface area contributed by atoms with E-state index in [1.807, 2.05) is 4.98 Å². The maximum Gasteiger partial charge on any atom is 0.490 e. The molecule has 6 atom stereocenters. The third kappa shape index (κ3) is 6.73. The molecule has 0 spiro atoms. The second-order valence-electron chi connectivity index (χ2n) is 5.45. The minimum Gasteiger partial charge on any atom is -0.387 e. The van der Waals surface area contributed by atoms with Crippen LogP contribution in [0.3, 0.4) is 0 Å². The largest absolute Gasteiger partial charge is 0.490 e. The lowest BCUT2D eigenvalue weighted by Crippen LogP contribution is -2.37. The summed E-state index contributed by atoms with van der Waals surface area (Å²) in [7, 11) is -16.8. The third-order valence-electron chi connectivity index (χ3n) is 3.28. The van der Waals surface area contributed by atoms with Gasteiger partial charge in [-0.3, -0.25) is 18.9 Å². The number of aromatic amines is 1. The van der Waals surface area contributed by atoms with Gasteiger partial charge in [-0.25, -0.2) is 18.5 Å². The first-order valence-corrected chi connectivity index (χ1v) is 11.7. The second kappa shape index (κ2) is 8.61. The zero-order chi connectivity index (χ0) is 22.2. The number of ether oxygens (including phenoxy) is 1. The van der Waals surface area contributed by atoms with E-state index in [4.69, 9.17) is 19.4 Å². The summed E-state index contributed by atoms with van der Waals surface area (Å²) in [6.45, 7) is -1.05. The molecule has 29 heavy (non-hydrogen) atoms. The van der Waals surface area contributed by atoms with Crippen molar-refractivity contribution in [2.24, 2.45) is 0 Å². The number of aromatic nitrogens is 2. The molecule has 0 saturated carbocycles. The Morgan fingerprint density at radius 3 is 2.21 bits per heavy atom. The van der Waals surface area contributed by atoms with E-state index in [1.54, 1.807) is 0 Å². The van der Waals surface area contributed by atoms with Gasteiger partial charge >= 0.3 is 29.2 Å². The Hall–Kier alpha value is -1.03. The highest BCUT2D eigenvalue weighted by Gasteiger charge is 2.46. The fourth-order valence-electron chi connectivity index (χ4n) is 2.20. The molecule has 0 aliphatic carbocycles. The number of aliphatic hydroxyl groups is 2. The average molecular weight is 495 g/mol. The molecule has 2 heterocycles. The SMILES string of the molecule is O=[13c]1[13cH][13cH][15n]([13CH]2O[13CH]([13CH2]OP(=O)(O)OP(=O)(O)OP(=O)(O)O)[13CH](O)[13CH]2O)[13c](=O)[15nH]1. The molecule has 0 bridgehead atoms. The molecule has 1 aromatic rings. The minimum absolute atomic E-state index is 0.708. The van der Waals surface area contributed by atoms with Crippen LogP contribution >= 0.6 is 23.5 Å². The van der Waals surface area contributed by atoms with E-state index >= 15 is 0 Å². The Morgan fingerprint density at radius 1 is 1.03 bits per heavy atom. The van der Waals surface area contributed by atoms with Crippen molar-refractivity contribution in [3.63, 3.8) is 0 Å². The summed E-state index contributed by atoms with van der Waals surface area (Å²) in [6, 6.07) is 0.920. The number of aliphatic hydroxyl groups excluding tert-OH is 2. The van der Waals surface area contributed by atoms with Crippen molar-refractivity contribution in [1.82, 2.24) is 9.55 Å². The van der Waals surface area contributed by atoms with Crippen molar-refractivity contribution in [1.29, 1.82) is 0 Å². The van der Waals surface area contributed by atoms with E-state index in [2.05, 4.69) is 13.1 Å². The molecule has 1 aliphatic heterocycles. The molecule has 0 aromatic carbocycles. The van der Waals surface area contributed by atoms with Crippen molar-refractivity contribution in [2.45, 2.75) is 24.5 Å². The maximum atomic E-state index is 11.7. The first-order chi connectivity index (χ1) is 13.1. The highest BCUT2D eigenvalue weighted by Crippen LogP contribution is 2.66. The van der Waals surface area contributed by atoms with Crippen LogP contribution in [0.5, 0.6) is 0 Å². The quantitative estimate of drug-likeness (QED) is 0.145. The fourth-order valence-corrected chi connectivity index (χ4v) is 5.23. The predicted molar refractivity (Wildman–Crippen MR) is 87.1 cm³/mol. The van der Waals surface area contributed by atoms with Crippen LogP contribution in [0.4, 0.5) is 0 Å². The molecule has 0 radical (unpaired) electrons. The molecule has 1 fully saturated rings. The Kier molecular flexibility index (Phi) is 7.20. The number of hydrogen-bond acceptors (Lipinski definition) is 11. The second-order valence-corrected chi connectivity index (χ2v) is 9.87. The monoisotopic (exact) mass is 495 g/mol. The molecule has 2 rings (SSSR count). The van der Waals surface area contributed by atoms with E-state index in [0.717, 1.165) is 12.3 Å². The van der Waals surface area contributed by atoms with Gasteiger partial charge in [0.2, 0.25) is 0 Å². The minimum atomic E-state index is -5.73. The van der Waals surface area contributed by atoms with Crippen molar-refractivity contribution in [3.8, 4) is 0 Å². The molecule has 7 N–H and O–H groups in total. The van der Waals surface area contributed by atoms with Crippen LogP contribution in [-0.2, 0) is 31.6 Å². The van der Waals surface area contributed by atoms with Gasteiger partial charge in [-0.1, -0.05) is 0 Å². The van der Waals surface area contributed by atoms with Crippen LogP contribution in [0.15, 0.2) is 21.9 Å². The summed E-state index contributed by atoms with van der Waals surface area (Å²) >= 11 is 0. The zero-order valence-electron chi connectivity index (χ0n) is 13.8. The Balaban J connectivity index is 2.06. The molecule has 1 saturated heterocycles. The summed E-state index contributed by atoms with van der Waals surface area (Å²) in [6.07, 6.45) is -5.70. The topological polar surface area (TPSA) is 264 Å². The van der Waals surface area contributed by atoms with E-state index in [0.29, 0.717) is 4.57 Å². The summed E-state index contributed by atoms with van der Waals surface area (Å²) in [5.74, 6) is 0. The lowest BCUT2D eigenvalue weighted by atomic mass is 11.1. The lowest BCUT2D eigenvalue weighted by Gasteiger charge is -2.19. The van der Waals surface area contributed by atoms with E-state index in [9.17, 15) is 38.4 Å². The standard InChI is InChI=1S/C9H15N2O15P3/c12-5-1-2-11(9(15)10-5)8-7(14)6(13)4(24-8)3-23-28(19,20)26-29(21,22)25-27(16,17)18/h1-2,4,6-8,13-14H,3H2,(H,19,20)(H,21,22)(H,10,12,15)(H2,16,17,18)/i1+1,2+1,3+1,4+1,5+1,6+1,7+1,8+1,9+1,10+1,11+1. The van der Waals surface area contributed by atoms with E-state index in [1.165, 1.54) is 0 Å². The van der Waals surface area contributed by atoms with Gasteiger partial charge in [0, 0.05) is 12.3 Å². The number of phosphoric ester groups is 1. The van der Waals surface area contributed by atoms with E-state index < -0.39 is 65.9 Å². The van der Waals surface area contributed by atoms with Crippen LogP contribution in [-0.4, -0.2) is 64.3 Å². The van der Waals surface area contributed by atoms with Crippen molar-refractivity contribution in [2.75, 3.05) is 6.61 Å². The van der Waals surface area contributed by atoms with Gasteiger partial charge < -0.3 is 34.5 Å². The number of H-pyrrole nitrogens is 1. The Morgan fingerprint density at radius 2 is 1.66 bits per heavy atom. The normalized spacial score (nSPS) is 29.3. The lowest BCUT2D eigenvalue weighted by molar-refractivity contribution is -0.0542. The highest BCUT2D eigenvalue weighted by atomic mass is 31.3. The predicted octanol–water partition coefficient (Wildman–Crippen LogP) is -2.50. The maximum absolute atomic E-state index is 11.7. The third-order valence-corrected chi connectivity index (χ3v) is 7.08. The van der Waals surface area contributed by atoms with E-state index in [-0.39, 0.29) is 0 Å². The summed E-state index contributed by atoms with van der Waals surface area (Å²) in [5.41, 5.74) is -1.74. The molecule has 0 amide bonds. The molecule has 166 valence electrons. The molecule has 1 aromatic heterocycles. The van der Waals surface area contributed by atoms with Gasteiger partial charge in [0.15, 0.2) is 6.23 Å². The van der Waals surface area contributed by atoms with Crippen LogP contribution in [0.2, 0.25) is 0 Å². The average Bonchev–Trinajstić information content (AvgIpc) is 2.78.